The molecule has 11 nitrogen and oxygen atoms in total. The molecule has 4 heterocycles. The van der Waals surface area contributed by atoms with Crippen molar-refractivity contribution in [3.63, 3.8) is 0 Å². The molecule has 290 valence electrons. The SMILES string of the molecule is CN=CNN(C)c1cc(C2CCN(Cc3cccc(SN4CC=C(Nc5ncc6c(n5)N(C5CCCCC5)C(=O)C65CC5)CC4)c3)CC2)ccc1CCC=O. The Balaban J connectivity index is 0.837. The van der Waals surface area contributed by atoms with Gasteiger partial charge in [0.2, 0.25) is 11.9 Å². The molecule has 3 fully saturated rings. The number of fused-ring (bicyclic) bond motifs is 2. The molecule has 3 aromatic rings. The van der Waals surface area contributed by atoms with Crippen molar-refractivity contribution in [2.75, 3.05) is 55.5 Å². The van der Waals surface area contributed by atoms with Crippen LogP contribution in [0.15, 0.2) is 70.3 Å². The highest BCUT2D eigenvalue weighted by atomic mass is 32.2. The van der Waals surface area contributed by atoms with E-state index in [1.54, 1.807) is 13.4 Å². The molecule has 1 amide bonds. The van der Waals surface area contributed by atoms with Gasteiger partial charge in [-0.15, -0.1) is 0 Å². The molecule has 2 aliphatic carbocycles. The lowest BCUT2D eigenvalue weighted by molar-refractivity contribution is -0.120. The average Bonchev–Trinajstić information content (AvgIpc) is 3.99. The van der Waals surface area contributed by atoms with Crippen LogP contribution < -0.4 is 20.7 Å². The Morgan fingerprint density at radius 3 is 2.64 bits per heavy atom. The van der Waals surface area contributed by atoms with E-state index in [-0.39, 0.29) is 17.4 Å². The molecule has 1 spiro atoms. The van der Waals surface area contributed by atoms with E-state index >= 15 is 0 Å². The third-order valence-electron chi connectivity index (χ3n) is 12.3. The molecular formula is C43H55N9O2S. The maximum absolute atomic E-state index is 13.6. The number of nitrogens with zero attached hydrogens (tertiary/aromatic N) is 7. The Labute approximate surface area is 330 Å². The summed E-state index contributed by atoms with van der Waals surface area (Å²) in [6, 6.07) is 16.0. The van der Waals surface area contributed by atoms with Crippen molar-refractivity contribution >= 4 is 47.9 Å². The summed E-state index contributed by atoms with van der Waals surface area (Å²) < 4.78 is 2.42. The first-order valence-electron chi connectivity index (χ1n) is 20.3. The molecule has 1 aromatic heterocycles. The zero-order valence-electron chi connectivity index (χ0n) is 32.4. The fraction of sp³-hybridized carbons (Fsp3) is 0.512. The lowest BCUT2D eigenvalue weighted by atomic mass is 9.88. The summed E-state index contributed by atoms with van der Waals surface area (Å²) in [5, 5.41) is 5.51. The smallest absolute Gasteiger partial charge is 0.239 e. The number of carbonyl (C=O) groups excluding carboxylic acids is 2. The molecule has 2 N–H and O–H groups in total. The zero-order chi connectivity index (χ0) is 37.8. The maximum atomic E-state index is 13.6. The number of likely N-dealkylation sites (tertiary alicyclic amines) is 1. The molecule has 0 bridgehead atoms. The number of aromatic nitrogens is 2. The minimum absolute atomic E-state index is 0.264. The van der Waals surface area contributed by atoms with Crippen LogP contribution in [0.2, 0.25) is 0 Å². The molecule has 1 saturated heterocycles. The first-order chi connectivity index (χ1) is 26.9. The van der Waals surface area contributed by atoms with Crippen LogP contribution in [-0.4, -0.2) is 84.0 Å². The summed E-state index contributed by atoms with van der Waals surface area (Å²) in [5.74, 6) is 2.24. The minimum Gasteiger partial charge on any atom is -0.328 e. The average molecular weight is 762 g/mol. The molecule has 55 heavy (non-hydrogen) atoms. The van der Waals surface area contributed by atoms with Crippen LogP contribution in [-0.2, 0) is 28.0 Å². The number of carbonyl (C=O) groups is 2. The van der Waals surface area contributed by atoms with Crippen molar-refractivity contribution in [1.29, 1.82) is 0 Å². The van der Waals surface area contributed by atoms with Gasteiger partial charge in [0.15, 0.2) is 0 Å². The predicted octanol–water partition coefficient (Wildman–Crippen LogP) is 7.01. The van der Waals surface area contributed by atoms with Crippen molar-refractivity contribution in [3.8, 4) is 0 Å². The number of aryl methyl sites for hydroxylation is 1. The molecule has 5 aliphatic rings. The van der Waals surface area contributed by atoms with Gasteiger partial charge in [-0.3, -0.25) is 30.0 Å². The fourth-order valence-electron chi connectivity index (χ4n) is 8.99. The number of amides is 1. The number of aliphatic imine (C=N–C) groups is 1. The van der Waals surface area contributed by atoms with Gasteiger partial charge < -0.3 is 10.1 Å². The minimum atomic E-state index is -0.348. The number of hydrazine groups is 1. The topological polar surface area (TPSA) is 109 Å². The third kappa shape index (κ3) is 8.32. The van der Waals surface area contributed by atoms with Gasteiger partial charge in [-0.05, 0) is 111 Å². The Bertz CT molecular complexity index is 1920. The van der Waals surface area contributed by atoms with Crippen LogP contribution in [0.1, 0.15) is 98.8 Å². The Morgan fingerprint density at radius 2 is 1.89 bits per heavy atom. The summed E-state index contributed by atoms with van der Waals surface area (Å²) in [6.45, 7) is 4.86. The van der Waals surface area contributed by atoms with Crippen LogP contribution in [0.4, 0.5) is 17.5 Å². The van der Waals surface area contributed by atoms with Crippen LogP contribution in [0.3, 0.4) is 0 Å². The lowest BCUT2D eigenvalue weighted by Gasteiger charge is -2.33. The Kier molecular flexibility index (Phi) is 11.5. The van der Waals surface area contributed by atoms with Gasteiger partial charge in [-0.2, -0.15) is 4.98 Å². The number of aldehydes is 1. The fourth-order valence-corrected chi connectivity index (χ4v) is 9.97. The van der Waals surface area contributed by atoms with Gasteiger partial charge in [-0.1, -0.05) is 49.6 Å². The van der Waals surface area contributed by atoms with Crippen LogP contribution in [0.5, 0.6) is 0 Å². The largest absolute Gasteiger partial charge is 0.328 e. The predicted molar refractivity (Wildman–Crippen MR) is 222 cm³/mol. The Hall–Kier alpha value is -4.26. The molecular weight excluding hydrogens is 707 g/mol. The van der Waals surface area contributed by atoms with E-state index in [4.69, 9.17) is 9.97 Å². The molecule has 0 atom stereocenters. The van der Waals surface area contributed by atoms with Gasteiger partial charge >= 0.3 is 0 Å². The first kappa shape index (κ1) is 37.7. The highest BCUT2D eigenvalue weighted by molar-refractivity contribution is 7.97. The van der Waals surface area contributed by atoms with Crippen molar-refractivity contribution in [2.24, 2.45) is 4.99 Å². The number of nitrogens with one attached hydrogen (secondary N) is 2. The maximum Gasteiger partial charge on any atom is 0.239 e. The van der Waals surface area contributed by atoms with E-state index in [0.717, 1.165) is 113 Å². The second-order valence-corrected chi connectivity index (χ2v) is 17.1. The van der Waals surface area contributed by atoms with Gasteiger partial charge in [0.25, 0.3) is 0 Å². The summed E-state index contributed by atoms with van der Waals surface area (Å²) in [6.07, 6.45) is 18.9. The van der Waals surface area contributed by atoms with E-state index in [9.17, 15) is 9.59 Å². The van der Waals surface area contributed by atoms with Gasteiger partial charge in [0.05, 0.1) is 11.1 Å². The van der Waals surface area contributed by atoms with E-state index < -0.39 is 0 Å². The molecule has 8 rings (SSSR count). The highest BCUT2D eigenvalue weighted by Crippen LogP contribution is 2.57. The number of anilines is 3. The monoisotopic (exact) mass is 761 g/mol. The third-order valence-corrected chi connectivity index (χ3v) is 13.3. The van der Waals surface area contributed by atoms with Crippen molar-refractivity contribution in [2.45, 2.75) is 106 Å². The molecule has 0 radical (unpaired) electrons. The van der Waals surface area contributed by atoms with Crippen molar-refractivity contribution in [3.05, 3.63) is 82.7 Å². The molecule has 0 unspecified atom stereocenters. The summed E-state index contributed by atoms with van der Waals surface area (Å²) in [5.41, 5.74) is 10.0. The second kappa shape index (κ2) is 16.9. The number of hydrogen-bond acceptors (Lipinski definition) is 10. The van der Waals surface area contributed by atoms with Crippen LogP contribution >= 0.6 is 11.9 Å². The zero-order valence-corrected chi connectivity index (χ0v) is 33.2. The number of rotatable bonds is 14. The van der Waals surface area contributed by atoms with E-state index in [2.05, 4.69) is 78.4 Å². The molecule has 2 saturated carbocycles. The molecule has 2 aromatic carbocycles. The number of benzene rings is 2. The second-order valence-electron chi connectivity index (χ2n) is 15.9. The van der Waals surface area contributed by atoms with E-state index in [1.807, 2.05) is 30.2 Å². The highest BCUT2D eigenvalue weighted by Gasteiger charge is 2.61. The summed E-state index contributed by atoms with van der Waals surface area (Å²) >= 11 is 1.83. The van der Waals surface area contributed by atoms with E-state index in [1.165, 1.54) is 40.8 Å². The Morgan fingerprint density at radius 1 is 1.05 bits per heavy atom. The van der Waals surface area contributed by atoms with Crippen molar-refractivity contribution < 1.29 is 9.59 Å². The van der Waals surface area contributed by atoms with Crippen LogP contribution in [0, 0.1) is 0 Å². The standard InChI is InChI=1S/C43H55N9O2S/c1-44-30-46-49(2)39-27-34(14-13-33(39)9-7-25-53)32-15-21-50(22-16-32)29-31-8-6-12-37(26-31)55-51-23-17-35(18-24-51)47-42-45-28-38-40(48-42)52(36-10-4-3-5-11-36)41(54)43(38)19-20-43/h6,8,12-14,17,25-28,30,32,36H,3-5,7,9-11,15-16,18-24,29H2,1-2H3,(H,44,46)(H,45,47,48). The van der Waals surface area contributed by atoms with Crippen LogP contribution in [0.25, 0.3) is 0 Å². The van der Waals surface area contributed by atoms with Gasteiger partial charge in [-0.25, -0.2) is 9.29 Å². The number of piperidine rings is 1. The lowest BCUT2D eigenvalue weighted by Crippen LogP contribution is -2.42. The summed E-state index contributed by atoms with van der Waals surface area (Å²) in [4.78, 5) is 44.4. The molecule has 12 heteroatoms. The first-order valence-corrected chi connectivity index (χ1v) is 21.1. The van der Waals surface area contributed by atoms with E-state index in [0.29, 0.717) is 18.3 Å². The summed E-state index contributed by atoms with van der Waals surface area (Å²) in [7, 11) is 3.75. The molecule has 3 aliphatic heterocycles. The normalized spacial score (nSPS) is 20.5. The quantitative estimate of drug-likeness (QED) is 0.0586. The van der Waals surface area contributed by atoms with Gasteiger partial charge in [0, 0.05) is 75.0 Å². The van der Waals surface area contributed by atoms with Gasteiger partial charge in [0.1, 0.15) is 18.4 Å². The number of hydrogen-bond donors (Lipinski definition) is 2. The van der Waals surface area contributed by atoms with Crippen molar-refractivity contribution in [1.82, 2.24) is 24.6 Å².